The lowest BCUT2D eigenvalue weighted by molar-refractivity contribution is 0.0757. The molecule has 0 aliphatic rings. The van der Waals surface area contributed by atoms with E-state index in [1.54, 1.807) is 48.5 Å². The van der Waals surface area contributed by atoms with Crippen LogP contribution in [-0.2, 0) is 14.8 Å². The summed E-state index contributed by atoms with van der Waals surface area (Å²) in [6, 6.07) is 13.3. The van der Waals surface area contributed by atoms with E-state index in [9.17, 15) is 13.2 Å². The monoisotopic (exact) mass is 404 g/mol. The largest absolute Gasteiger partial charge is 0.379 e. The van der Waals surface area contributed by atoms with Crippen molar-refractivity contribution in [1.82, 2.24) is 5.32 Å². The Hall–Kier alpha value is -2.38. The molecule has 2 rings (SSSR count). The van der Waals surface area contributed by atoms with E-state index in [1.807, 2.05) is 20.8 Å². The second-order valence-corrected chi connectivity index (χ2v) is 8.83. The molecular weight excluding hydrogens is 376 g/mol. The van der Waals surface area contributed by atoms with Gasteiger partial charge in [-0.25, -0.2) is 8.42 Å². The van der Waals surface area contributed by atoms with E-state index in [0.29, 0.717) is 30.8 Å². The number of amides is 1. The maximum Gasteiger partial charge on any atom is 0.264 e. The molecule has 2 aromatic carbocycles. The molecule has 0 saturated heterocycles. The first-order valence-electron chi connectivity index (χ1n) is 9.27. The molecule has 0 fully saturated rings. The molecule has 0 spiro atoms. The van der Waals surface area contributed by atoms with Crippen LogP contribution in [0.4, 0.5) is 5.69 Å². The van der Waals surface area contributed by atoms with Gasteiger partial charge in [0.05, 0.1) is 16.7 Å². The summed E-state index contributed by atoms with van der Waals surface area (Å²) >= 11 is 0. The number of rotatable bonds is 9. The lowest BCUT2D eigenvalue weighted by Crippen LogP contribution is -2.28. The fourth-order valence-electron chi connectivity index (χ4n) is 2.55. The number of nitrogens with zero attached hydrogens (tertiary/aromatic N) is 1. The Morgan fingerprint density at radius 2 is 1.82 bits per heavy atom. The van der Waals surface area contributed by atoms with Crippen molar-refractivity contribution in [2.24, 2.45) is 0 Å². The summed E-state index contributed by atoms with van der Waals surface area (Å²) in [5, 5.41) is 2.83. The van der Waals surface area contributed by atoms with Crippen molar-refractivity contribution < 1.29 is 17.9 Å². The number of carbonyl (C=O) groups excluding carboxylic acids is 1. The average Bonchev–Trinajstić information content (AvgIpc) is 2.67. The lowest BCUT2D eigenvalue weighted by atomic mass is 10.2. The smallest absolute Gasteiger partial charge is 0.264 e. The number of ether oxygens (including phenoxy) is 1. The first-order valence-corrected chi connectivity index (χ1v) is 10.7. The highest BCUT2D eigenvalue weighted by molar-refractivity contribution is 7.92. The SMILES string of the molecule is Cc1ccc(S(=O)(=O)N(C)c2cccc(C(=O)NCCCOC(C)C)c2)cc1. The minimum absolute atomic E-state index is 0.165. The molecule has 0 heterocycles. The topological polar surface area (TPSA) is 75.7 Å². The van der Waals surface area contributed by atoms with Crippen molar-refractivity contribution in [3.05, 3.63) is 59.7 Å². The van der Waals surface area contributed by atoms with Gasteiger partial charge in [0.25, 0.3) is 15.9 Å². The Bertz CT molecular complexity index is 893. The third-order valence-electron chi connectivity index (χ3n) is 4.21. The summed E-state index contributed by atoms with van der Waals surface area (Å²) in [4.78, 5) is 12.6. The quantitative estimate of drug-likeness (QED) is 0.650. The van der Waals surface area contributed by atoms with Gasteiger partial charge in [-0.15, -0.1) is 0 Å². The third kappa shape index (κ3) is 5.81. The summed E-state index contributed by atoms with van der Waals surface area (Å²) in [5.41, 5.74) is 1.82. The van der Waals surface area contributed by atoms with Crippen molar-refractivity contribution in [2.45, 2.75) is 38.2 Å². The molecule has 152 valence electrons. The van der Waals surface area contributed by atoms with Gasteiger partial charge in [-0.2, -0.15) is 0 Å². The van der Waals surface area contributed by atoms with E-state index in [0.717, 1.165) is 5.56 Å². The van der Waals surface area contributed by atoms with Crippen LogP contribution in [0.25, 0.3) is 0 Å². The second-order valence-electron chi connectivity index (χ2n) is 6.86. The maximum atomic E-state index is 12.8. The van der Waals surface area contributed by atoms with Crippen LogP contribution >= 0.6 is 0 Å². The van der Waals surface area contributed by atoms with Crippen LogP contribution in [0.2, 0.25) is 0 Å². The highest BCUT2D eigenvalue weighted by Gasteiger charge is 2.21. The van der Waals surface area contributed by atoms with Gasteiger partial charge in [-0.1, -0.05) is 23.8 Å². The van der Waals surface area contributed by atoms with Crippen molar-refractivity contribution in [2.75, 3.05) is 24.5 Å². The van der Waals surface area contributed by atoms with Crippen LogP contribution in [0.3, 0.4) is 0 Å². The zero-order valence-corrected chi connectivity index (χ0v) is 17.6. The summed E-state index contributed by atoms with van der Waals surface area (Å²) in [5.74, 6) is -0.243. The Kier molecular flexibility index (Phi) is 7.60. The molecule has 28 heavy (non-hydrogen) atoms. The Balaban J connectivity index is 2.07. The summed E-state index contributed by atoms with van der Waals surface area (Å²) < 4.78 is 32.3. The van der Waals surface area contributed by atoms with Gasteiger partial charge in [0.2, 0.25) is 0 Å². The molecule has 0 aliphatic carbocycles. The van der Waals surface area contributed by atoms with Crippen LogP contribution < -0.4 is 9.62 Å². The van der Waals surface area contributed by atoms with Gasteiger partial charge in [0.15, 0.2) is 0 Å². The number of benzene rings is 2. The van der Waals surface area contributed by atoms with Gasteiger partial charge < -0.3 is 10.1 Å². The van der Waals surface area contributed by atoms with Crippen molar-refractivity contribution in [3.8, 4) is 0 Å². The molecule has 0 bridgehead atoms. The minimum Gasteiger partial charge on any atom is -0.379 e. The van der Waals surface area contributed by atoms with Gasteiger partial charge in [0, 0.05) is 25.8 Å². The molecule has 1 N–H and O–H groups in total. The molecular formula is C21H28N2O4S. The normalized spacial score (nSPS) is 11.5. The molecule has 6 nitrogen and oxygen atoms in total. The van der Waals surface area contributed by atoms with E-state index in [2.05, 4.69) is 5.32 Å². The van der Waals surface area contributed by atoms with E-state index in [1.165, 1.54) is 11.4 Å². The van der Waals surface area contributed by atoms with E-state index >= 15 is 0 Å². The molecule has 0 unspecified atom stereocenters. The van der Waals surface area contributed by atoms with Crippen LogP contribution in [0.15, 0.2) is 53.4 Å². The first kappa shape index (κ1) is 21.9. The fourth-order valence-corrected chi connectivity index (χ4v) is 3.73. The number of anilines is 1. The van der Waals surface area contributed by atoms with Crippen molar-refractivity contribution in [1.29, 1.82) is 0 Å². The molecule has 1 amide bonds. The standard InChI is InChI=1S/C21H28N2O4S/c1-16(2)27-14-6-13-22-21(24)18-7-5-8-19(15-18)23(4)28(25,26)20-11-9-17(3)10-12-20/h5,7-12,15-16H,6,13-14H2,1-4H3,(H,22,24). The lowest BCUT2D eigenvalue weighted by Gasteiger charge is -2.20. The van der Waals surface area contributed by atoms with E-state index < -0.39 is 10.0 Å². The van der Waals surface area contributed by atoms with E-state index in [4.69, 9.17) is 4.74 Å². The predicted molar refractivity (Wildman–Crippen MR) is 111 cm³/mol. The third-order valence-corrected chi connectivity index (χ3v) is 6.01. The van der Waals surface area contributed by atoms with Crippen LogP contribution in [0.5, 0.6) is 0 Å². The highest BCUT2D eigenvalue weighted by Crippen LogP contribution is 2.23. The summed E-state index contributed by atoms with van der Waals surface area (Å²) in [7, 11) is -2.22. The molecule has 0 aromatic heterocycles. The molecule has 0 aliphatic heterocycles. The second kappa shape index (κ2) is 9.71. The van der Waals surface area contributed by atoms with Crippen LogP contribution in [0.1, 0.15) is 36.2 Å². The maximum absolute atomic E-state index is 12.8. The van der Waals surface area contributed by atoms with Crippen LogP contribution in [-0.4, -0.2) is 40.6 Å². The number of carbonyl (C=O) groups is 1. The fraction of sp³-hybridized carbons (Fsp3) is 0.381. The zero-order chi connectivity index (χ0) is 20.7. The van der Waals surface area contributed by atoms with Gasteiger partial charge in [-0.05, 0) is 57.5 Å². The number of aryl methyl sites for hydroxylation is 1. The number of sulfonamides is 1. The van der Waals surface area contributed by atoms with Gasteiger partial charge in [0.1, 0.15) is 0 Å². The summed E-state index contributed by atoms with van der Waals surface area (Å²) in [6.07, 6.45) is 0.879. The van der Waals surface area contributed by atoms with E-state index in [-0.39, 0.29) is 16.9 Å². The van der Waals surface area contributed by atoms with Gasteiger partial charge in [-0.3, -0.25) is 9.10 Å². The van der Waals surface area contributed by atoms with Crippen molar-refractivity contribution in [3.63, 3.8) is 0 Å². The molecule has 0 atom stereocenters. The number of hydrogen-bond donors (Lipinski definition) is 1. The van der Waals surface area contributed by atoms with Gasteiger partial charge >= 0.3 is 0 Å². The number of nitrogens with one attached hydrogen (secondary N) is 1. The zero-order valence-electron chi connectivity index (χ0n) is 16.8. The van der Waals surface area contributed by atoms with Crippen LogP contribution in [0, 0.1) is 6.92 Å². The highest BCUT2D eigenvalue weighted by atomic mass is 32.2. The predicted octanol–water partition coefficient (Wildman–Crippen LogP) is 3.37. The molecule has 7 heteroatoms. The molecule has 2 aromatic rings. The number of hydrogen-bond acceptors (Lipinski definition) is 4. The Morgan fingerprint density at radius 3 is 2.46 bits per heavy atom. The molecule has 0 radical (unpaired) electrons. The first-order chi connectivity index (χ1) is 13.2. The Labute approximate surface area is 167 Å². The minimum atomic E-state index is -3.70. The van der Waals surface area contributed by atoms with Crippen molar-refractivity contribution >= 4 is 21.6 Å². The molecule has 0 saturated carbocycles. The average molecular weight is 405 g/mol. The Morgan fingerprint density at radius 1 is 1.14 bits per heavy atom. The summed E-state index contributed by atoms with van der Waals surface area (Å²) in [6.45, 7) is 6.90.